The highest BCUT2D eigenvalue weighted by molar-refractivity contribution is 6.32. The molecule has 25 heavy (non-hydrogen) atoms. The minimum absolute atomic E-state index is 0.0602. The van der Waals surface area contributed by atoms with E-state index in [4.69, 9.17) is 31.5 Å². The van der Waals surface area contributed by atoms with Crippen LogP contribution in [0.5, 0.6) is 5.75 Å². The highest BCUT2D eigenvalue weighted by Gasteiger charge is 2.15. The highest BCUT2D eigenvalue weighted by Crippen LogP contribution is 2.31. The number of halogens is 2. The molecule has 0 saturated carbocycles. The van der Waals surface area contributed by atoms with Crippen LogP contribution in [0.4, 0.5) is 15.8 Å². The van der Waals surface area contributed by atoms with Crippen LogP contribution in [-0.4, -0.2) is 33.0 Å². The summed E-state index contributed by atoms with van der Waals surface area (Å²) >= 11 is 5.94. The second kappa shape index (κ2) is 9.22. The van der Waals surface area contributed by atoms with E-state index in [1.807, 2.05) is 0 Å². The summed E-state index contributed by atoms with van der Waals surface area (Å²) < 4.78 is 29.4. The van der Waals surface area contributed by atoms with Gasteiger partial charge in [0.2, 0.25) is 0 Å². The normalized spacial score (nSPS) is 10.5. The summed E-state index contributed by atoms with van der Waals surface area (Å²) in [5, 5.41) is 2.51. The van der Waals surface area contributed by atoms with Gasteiger partial charge in [-0.2, -0.15) is 0 Å². The van der Waals surface area contributed by atoms with Crippen LogP contribution in [0, 0.1) is 5.82 Å². The van der Waals surface area contributed by atoms with Gasteiger partial charge < -0.3 is 25.3 Å². The maximum absolute atomic E-state index is 14.1. The number of rotatable bonds is 8. The van der Waals surface area contributed by atoms with Crippen molar-refractivity contribution >= 4 is 28.9 Å². The van der Waals surface area contributed by atoms with Crippen LogP contribution >= 0.6 is 11.6 Å². The number of nitrogens with one attached hydrogen (secondary N) is 1. The number of benzene rings is 2. The van der Waals surface area contributed by atoms with Gasteiger partial charge >= 0.3 is 0 Å². The quantitative estimate of drug-likeness (QED) is 0.424. The lowest BCUT2D eigenvalue weighted by molar-refractivity contribution is -0.00842. The summed E-state index contributed by atoms with van der Waals surface area (Å²) in [4.78, 5) is 12.2. The molecule has 0 saturated heterocycles. The molecule has 0 fully saturated rings. The van der Waals surface area contributed by atoms with Gasteiger partial charge in [-0.1, -0.05) is 23.7 Å². The fraction of sp³-hybridized carbons (Fsp3) is 0.235. The first kappa shape index (κ1) is 19.0. The minimum Gasteiger partial charge on any atom is -0.466 e. The van der Waals surface area contributed by atoms with Crippen molar-refractivity contribution in [2.75, 3.05) is 38.2 Å². The summed E-state index contributed by atoms with van der Waals surface area (Å²) in [5.74, 6) is -1.06. The lowest BCUT2D eigenvalue weighted by Gasteiger charge is -2.12. The number of nitrogen functional groups attached to an aromatic ring is 1. The molecule has 0 spiro atoms. The predicted molar refractivity (Wildman–Crippen MR) is 93.5 cm³/mol. The molecule has 1 amide bonds. The van der Waals surface area contributed by atoms with Gasteiger partial charge in [-0.05, 0) is 18.2 Å². The molecule has 2 aromatic rings. The molecule has 2 rings (SSSR count). The summed E-state index contributed by atoms with van der Waals surface area (Å²) in [6, 6.07) is 8.82. The molecule has 2 aromatic carbocycles. The minimum atomic E-state index is -0.694. The SMILES string of the molecule is COCCOCOc1cc(NC(=O)c2ccccc2N)c(F)cc1Cl. The maximum Gasteiger partial charge on any atom is 0.257 e. The molecule has 0 aromatic heterocycles. The van der Waals surface area contributed by atoms with Crippen LogP contribution in [0.3, 0.4) is 0 Å². The van der Waals surface area contributed by atoms with Gasteiger partial charge in [-0.3, -0.25) is 4.79 Å². The van der Waals surface area contributed by atoms with Crippen molar-refractivity contribution in [3.8, 4) is 5.75 Å². The molecule has 0 aliphatic heterocycles. The molecule has 0 aliphatic carbocycles. The van der Waals surface area contributed by atoms with Crippen LogP contribution in [-0.2, 0) is 9.47 Å². The van der Waals surface area contributed by atoms with Crippen molar-refractivity contribution in [1.82, 2.24) is 0 Å². The Labute approximate surface area is 149 Å². The highest BCUT2D eigenvalue weighted by atomic mass is 35.5. The molecular weight excluding hydrogens is 351 g/mol. The number of para-hydroxylation sites is 1. The lowest BCUT2D eigenvalue weighted by Crippen LogP contribution is -2.15. The van der Waals surface area contributed by atoms with Crippen molar-refractivity contribution in [2.24, 2.45) is 0 Å². The summed E-state index contributed by atoms with van der Waals surface area (Å²) in [5.41, 5.74) is 6.19. The Bertz CT molecular complexity index is 743. The molecule has 0 aliphatic rings. The smallest absolute Gasteiger partial charge is 0.257 e. The van der Waals surface area contributed by atoms with E-state index in [2.05, 4.69) is 5.32 Å². The van der Waals surface area contributed by atoms with Crippen LogP contribution < -0.4 is 15.8 Å². The zero-order valence-corrected chi connectivity index (χ0v) is 14.3. The Morgan fingerprint density at radius 2 is 2.04 bits per heavy atom. The molecule has 0 heterocycles. The topological polar surface area (TPSA) is 82.8 Å². The third-order valence-corrected chi connectivity index (χ3v) is 3.50. The fourth-order valence-electron chi connectivity index (χ4n) is 1.94. The average molecular weight is 369 g/mol. The number of amides is 1. The van der Waals surface area contributed by atoms with E-state index in [1.165, 1.54) is 6.07 Å². The van der Waals surface area contributed by atoms with E-state index in [9.17, 15) is 9.18 Å². The second-order valence-electron chi connectivity index (χ2n) is 4.97. The first-order valence-corrected chi connectivity index (χ1v) is 7.75. The van der Waals surface area contributed by atoms with Crippen LogP contribution in [0.25, 0.3) is 0 Å². The monoisotopic (exact) mass is 368 g/mol. The summed E-state index contributed by atoms with van der Waals surface area (Å²) in [6.07, 6.45) is 0. The largest absolute Gasteiger partial charge is 0.466 e. The number of hydrogen-bond acceptors (Lipinski definition) is 5. The van der Waals surface area contributed by atoms with Crippen LogP contribution in [0.2, 0.25) is 5.02 Å². The lowest BCUT2D eigenvalue weighted by atomic mass is 10.1. The van der Waals surface area contributed by atoms with E-state index < -0.39 is 11.7 Å². The van der Waals surface area contributed by atoms with Crippen LogP contribution in [0.1, 0.15) is 10.4 Å². The molecule has 8 heteroatoms. The number of carbonyl (C=O) groups is 1. The van der Waals surface area contributed by atoms with Crippen molar-refractivity contribution < 1.29 is 23.4 Å². The van der Waals surface area contributed by atoms with Gasteiger partial charge in [0.15, 0.2) is 6.79 Å². The molecule has 0 radical (unpaired) electrons. The van der Waals surface area contributed by atoms with E-state index in [0.717, 1.165) is 6.07 Å². The summed E-state index contributed by atoms with van der Waals surface area (Å²) in [7, 11) is 1.55. The Morgan fingerprint density at radius 3 is 2.76 bits per heavy atom. The first-order chi connectivity index (χ1) is 12.0. The molecule has 0 unspecified atom stereocenters. The zero-order valence-electron chi connectivity index (χ0n) is 13.6. The van der Waals surface area contributed by atoms with E-state index in [0.29, 0.717) is 13.2 Å². The number of nitrogens with two attached hydrogens (primary N) is 1. The number of anilines is 2. The van der Waals surface area contributed by atoms with E-state index >= 15 is 0 Å². The number of hydrogen-bond donors (Lipinski definition) is 2. The maximum atomic E-state index is 14.1. The fourth-order valence-corrected chi connectivity index (χ4v) is 2.14. The Morgan fingerprint density at radius 1 is 1.28 bits per heavy atom. The predicted octanol–water partition coefficient (Wildman–Crippen LogP) is 3.31. The van der Waals surface area contributed by atoms with Crippen molar-refractivity contribution in [3.05, 3.63) is 52.8 Å². The average Bonchev–Trinajstić information content (AvgIpc) is 2.58. The molecular formula is C17H18ClFN2O4. The Balaban J connectivity index is 2.08. The third-order valence-electron chi connectivity index (χ3n) is 3.20. The molecule has 134 valence electrons. The third kappa shape index (κ3) is 5.32. The van der Waals surface area contributed by atoms with Gasteiger partial charge in [0, 0.05) is 18.9 Å². The molecule has 3 N–H and O–H groups in total. The van der Waals surface area contributed by atoms with Crippen molar-refractivity contribution in [3.63, 3.8) is 0 Å². The summed E-state index contributed by atoms with van der Waals surface area (Å²) in [6.45, 7) is 0.667. The Hall–Kier alpha value is -2.35. The van der Waals surface area contributed by atoms with Gasteiger partial charge in [0.25, 0.3) is 5.91 Å². The van der Waals surface area contributed by atoms with E-state index in [1.54, 1.807) is 31.4 Å². The zero-order chi connectivity index (χ0) is 18.2. The standard InChI is InChI=1S/C17H18ClFN2O4/c1-23-6-7-24-10-25-16-9-15(13(19)8-12(16)18)21-17(22)11-4-2-3-5-14(11)20/h2-5,8-9H,6-7,10,20H2,1H3,(H,21,22). The molecule has 6 nitrogen and oxygen atoms in total. The van der Waals surface area contributed by atoms with Crippen molar-refractivity contribution in [2.45, 2.75) is 0 Å². The van der Waals surface area contributed by atoms with Crippen molar-refractivity contribution in [1.29, 1.82) is 0 Å². The Kier molecular flexibility index (Phi) is 7.00. The van der Waals surface area contributed by atoms with Crippen LogP contribution in [0.15, 0.2) is 36.4 Å². The number of carbonyl (C=O) groups excluding carboxylic acids is 1. The number of ether oxygens (including phenoxy) is 3. The van der Waals surface area contributed by atoms with E-state index in [-0.39, 0.29) is 34.5 Å². The van der Waals surface area contributed by atoms with Gasteiger partial charge in [-0.25, -0.2) is 4.39 Å². The van der Waals surface area contributed by atoms with Gasteiger partial charge in [0.1, 0.15) is 11.6 Å². The van der Waals surface area contributed by atoms with Gasteiger partial charge in [-0.15, -0.1) is 0 Å². The second-order valence-corrected chi connectivity index (χ2v) is 5.37. The molecule has 0 bridgehead atoms. The first-order valence-electron chi connectivity index (χ1n) is 7.37. The molecule has 0 atom stereocenters. The number of methoxy groups -OCH3 is 1. The van der Waals surface area contributed by atoms with Gasteiger partial charge in [0.05, 0.1) is 29.5 Å².